The monoisotopic (exact) mass is 367 g/mol. The maximum atomic E-state index is 12.9. The molecule has 17 heavy (non-hydrogen) atoms. The van der Waals surface area contributed by atoms with Crippen LogP contribution >= 0.6 is 31.9 Å². The van der Waals surface area contributed by atoms with Gasteiger partial charge in [-0.15, -0.1) is 0 Å². The van der Waals surface area contributed by atoms with Gasteiger partial charge in [0.1, 0.15) is 5.82 Å². The quantitative estimate of drug-likeness (QED) is 0.713. The summed E-state index contributed by atoms with van der Waals surface area (Å²) in [6, 6.07) is 4.77. The molecule has 96 valence electrons. The van der Waals surface area contributed by atoms with E-state index in [1.54, 1.807) is 13.2 Å². The van der Waals surface area contributed by atoms with Crippen molar-refractivity contribution in [1.82, 2.24) is 4.90 Å². The number of hydrogen-bond acceptors (Lipinski definition) is 2. The fourth-order valence-electron chi connectivity index (χ4n) is 1.58. The van der Waals surface area contributed by atoms with Crippen LogP contribution in [-0.2, 0) is 11.3 Å². The van der Waals surface area contributed by atoms with Crippen LogP contribution in [0.25, 0.3) is 0 Å². The van der Waals surface area contributed by atoms with Crippen molar-refractivity contribution < 1.29 is 9.13 Å². The first-order chi connectivity index (χ1) is 8.02. The predicted octanol–water partition coefficient (Wildman–Crippen LogP) is 3.43. The zero-order valence-electron chi connectivity index (χ0n) is 9.92. The highest BCUT2D eigenvalue weighted by Crippen LogP contribution is 2.19. The van der Waals surface area contributed by atoms with Gasteiger partial charge in [-0.3, -0.25) is 0 Å². The Bertz CT molecular complexity index is 362. The standard InChI is InChI=1S/C12H16Br2FNO/c1-16(7-10(13)8-17-2)6-9-3-4-11(15)5-12(9)14/h3-5,10H,6-8H2,1-2H3. The molecule has 0 N–H and O–H groups in total. The van der Waals surface area contributed by atoms with E-state index < -0.39 is 0 Å². The summed E-state index contributed by atoms with van der Waals surface area (Å²) in [5.41, 5.74) is 1.08. The van der Waals surface area contributed by atoms with E-state index in [9.17, 15) is 4.39 Å². The second kappa shape index (κ2) is 7.46. The van der Waals surface area contributed by atoms with Crippen LogP contribution < -0.4 is 0 Å². The Morgan fingerprint density at radius 2 is 2.18 bits per heavy atom. The van der Waals surface area contributed by atoms with Crippen molar-refractivity contribution in [1.29, 1.82) is 0 Å². The fraction of sp³-hybridized carbons (Fsp3) is 0.500. The highest BCUT2D eigenvalue weighted by molar-refractivity contribution is 9.10. The third-order valence-electron chi connectivity index (χ3n) is 2.31. The van der Waals surface area contributed by atoms with Crippen molar-refractivity contribution in [2.75, 3.05) is 27.3 Å². The molecule has 0 aliphatic heterocycles. The van der Waals surface area contributed by atoms with Crippen LogP contribution in [-0.4, -0.2) is 37.0 Å². The second-order valence-electron chi connectivity index (χ2n) is 3.99. The molecule has 0 fully saturated rings. The van der Waals surface area contributed by atoms with Gasteiger partial charge in [-0.1, -0.05) is 37.9 Å². The number of ether oxygens (including phenoxy) is 1. The van der Waals surface area contributed by atoms with Crippen molar-refractivity contribution in [3.05, 3.63) is 34.1 Å². The Labute approximate surface area is 118 Å². The molecule has 0 bridgehead atoms. The summed E-state index contributed by atoms with van der Waals surface area (Å²) in [6.45, 7) is 2.32. The summed E-state index contributed by atoms with van der Waals surface area (Å²) in [6.07, 6.45) is 0. The van der Waals surface area contributed by atoms with Crippen molar-refractivity contribution in [2.24, 2.45) is 0 Å². The fourth-order valence-corrected chi connectivity index (χ4v) is 2.81. The summed E-state index contributed by atoms with van der Waals surface area (Å²) in [5, 5.41) is 0. The second-order valence-corrected chi connectivity index (χ2v) is 6.13. The van der Waals surface area contributed by atoms with Crippen LogP contribution in [0, 0.1) is 5.82 Å². The Balaban J connectivity index is 2.52. The van der Waals surface area contributed by atoms with Gasteiger partial charge in [-0.05, 0) is 24.7 Å². The maximum Gasteiger partial charge on any atom is 0.124 e. The Morgan fingerprint density at radius 1 is 1.47 bits per heavy atom. The van der Waals surface area contributed by atoms with Gasteiger partial charge in [0.15, 0.2) is 0 Å². The van der Waals surface area contributed by atoms with Crippen molar-refractivity contribution in [2.45, 2.75) is 11.4 Å². The molecule has 2 nitrogen and oxygen atoms in total. The number of hydrogen-bond donors (Lipinski definition) is 0. The van der Waals surface area contributed by atoms with E-state index in [0.717, 1.165) is 23.1 Å². The molecule has 0 saturated heterocycles. The zero-order chi connectivity index (χ0) is 12.8. The molecule has 5 heteroatoms. The molecule has 0 radical (unpaired) electrons. The van der Waals surface area contributed by atoms with Gasteiger partial charge >= 0.3 is 0 Å². The van der Waals surface area contributed by atoms with E-state index in [4.69, 9.17) is 4.74 Å². The van der Waals surface area contributed by atoms with E-state index in [0.29, 0.717) is 11.4 Å². The van der Waals surface area contributed by atoms with E-state index in [1.807, 2.05) is 7.05 Å². The molecular formula is C12H16Br2FNO. The number of benzene rings is 1. The van der Waals surface area contributed by atoms with Gasteiger partial charge in [0.25, 0.3) is 0 Å². The van der Waals surface area contributed by atoms with E-state index in [1.165, 1.54) is 12.1 Å². The summed E-state index contributed by atoms with van der Waals surface area (Å²) >= 11 is 6.91. The molecule has 0 saturated carbocycles. The van der Waals surface area contributed by atoms with Gasteiger partial charge in [-0.2, -0.15) is 0 Å². The summed E-state index contributed by atoms with van der Waals surface area (Å²) in [4.78, 5) is 2.47. The number of rotatable bonds is 6. The molecule has 0 aliphatic carbocycles. The molecule has 1 aromatic carbocycles. The molecule has 0 aromatic heterocycles. The molecule has 1 unspecified atom stereocenters. The van der Waals surface area contributed by atoms with Crippen molar-refractivity contribution >= 4 is 31.9 Å². The smallest absolute Gasteiger partial charge is 0.124 e. The molecule has 0 spiro atoms. The van der Waals surface area contributed by atoms with Crippen molar-refractivity contribution in [3.63, 3.8) is 0 Å². The molecular weight excluding hydrogens is 353 g/mol. The van der Waals surface area contributed by atoms with Crippen LogP contribution in [0.5, 0.6) is 0 Å². The van der Waals surface area contributed by atoms with Gasteiger partial charge < -0.3 is 9.64 Å². The average Bonchev–Trinajstić information content (AvgIpc) is 2.22. The van der Waals surface area contributed by atoms with Crippen molar-refractivity contribution in [3.8, 4) is 0 Å². The van der Waals surface area contributed by atoms with E-state index in [-0.39, 0.29) is 5.82 Å². The largest absolute Gasteiger partial charge is 0.383 e. The minimum Gasteiger partial charge on any atom is -0.383 e. The average molecular weight is 369 g/mol. The number of alkyl halides is 1. The molecule has 1 atom stereocenters. The van der Waals surface area contributed by atoms with Gasteiger partial charge in [0.05, 0.1) is 11.4 Å². The van der Waals surface area contributed by atoms with Crippen LogP contribution in [0.2, 0.25) is 0 Å². The number of methoxy groups -OCH3 is 1. The lowest BCUT2D eigenvalue weighted by atomic mass is 10.2. The SMILES string of the molecule is COCC(Br)CN(C)Cc1ccc(F)cc1Br. The third kappa shape index (κ3) is 5.46. The molecule has 1 aromatic rings. The number of nitrogens with zero attached hydrogens (tertiary/aromatic N) is 1. The van der Waals surface area contributed by atoms with Gasteiger partial charge in [0, 0.05) is 24.7 Å². The molecule has 1 rings (SSSR count). The lowest BCUT2D eigenvalue weighted by Crippen LogP contribution is -2.28. The lowest BCUT2D eigenvalue weighted by molar-refractivity contribution is 0.185. The Morgan fingerprint density at radius 3 is 2.76 bits per heavy atom. The maximum absolute atomic E-state index is 12.9. The molecule has 0 aliphatic rings. The van der Waals surface area contributed by atoms with E-state index >= 15 is 0 Å². The normalized spacial score (nSPS) is 13.1. The summed E-state index contributed by atoms with van der Waals surface area (Å²) < 4.78 is 18.8. The Hall–Kier alpha value is 0.0300. The topological polar surface area (TPSA) is 12.5 Å². The van der Waals surface area contributed by atoms with Crippen LogP contribution in [0.3, 0.4) is 0 Å². The predicted molar refractivity (Wildman–Crippen MR) is 75.0 cm³/mol. The van der Waals surface area contributed by atoms with Crippen LogP contribution in [0.15, 0.2) is 22.7 Å². The lowest BCUT2D eigenvalue weighted by Gasteiger charge is -2.20. The summed E-state index contributed by atoms with van der Waals surface area (Å²) in [7, 11) is 3.71. The zero-order valence-corrected chi connectivity index (χ0v) is 13.1. The first kappa shape index (κ1) is 15.1. The highest BCUT2D eigenvalue weighted by Gasteiger charge is 2.10. The first-order valence-electron chi connectivity index (χ1n) is 5.28. The van der Waals surface area contributed by atoms with E-state index in [2.05, 4.69) is 36.8 Å². The van der Waals surface area contributed by atoms with Crippen LogP contribution in [0.4, 0.5) is 4.39 Å². The minimum atomic E-state index is -0.221. The first-order valence-corrected chi connectivity index (χ1v) is 6.99. The van der Waals surface area contributed by atoms with Gasteiger partial charge in [-0.25, -0.2) is 4.39 Å². The molecule has 0 heterocycles. The minimum absolute atomic E-state index is 0.221. The molecule has 0 amide bonds. The Kier molecular flexibility index (Phi) is 6.62. The summed E-state index contributed by atoms with van der Waals surface area (Å²) in [5.74, 6) is -0.221. The van der Waals surface area contributed by atoms with Gasteiger partial charge in [0.2, 0.25) is 0 Å². The highest BCUT2D eigenvalue weighted by atomic mass is 79.9. The van der Waals surface area contributed by atoms with Crippen LogP contribution in [0.1, 0.15) is 5.56 Å². The number of halogens is 3. The third-order valence-corrected chi connectivity index (χ3v) is 3.60.